The van der Waals surface area contributed by atoms with Gasteiger partial charge in [-0.25, -0.2) is 0 Å². The van der Waals surface area contributed by atoms with E-state index in [2.05, 4.69) is 165 Å². The molecule has 33 heavy (non-hydrogen) atoms. The Bertz CT molecular complexity index is 1040. The fourth-order valence-electron chi connectivity index (χ4n) is 3.35. The maximum absolute atomic E-state index is 2.91. The fourth-order valence-corrected chi connectivity index (χ4v) is 41.0. The second-order valence-corrected chi connectivity index (χ2v) is 38.6. The molecule has 168 valence electrons. The van der Waals surface area contributed by atoms with Crippen LogP contribution in [0.15, 0.2) is 117 Å². The van der Waals surface area contributed by atoms with E-state index in [0.717, 1.165) is 0 Å². The molecule has 0 N–H and O–H groups in total. The first-order valence-electron chi connectivity index (χ1n) is 10.9. The molecular formula is C28H28GeS4. The van der Waals surface area contributed by atoms with Crippen LogP contribution in [0.5, 0.6) is 0 Å². The number of benzene rings is 4. The van der Waals surface area contributed by atoms with Crippen molar-refractivity contribution in [1.82, 2.24) is 0 Å². The zero-order valence-corrected chi connectivity index (χ0v) is 24.7. The van der Waals surface area contributed by atoms with E-state index < -0.39 is 8.70 Å². The van der Waals surface area contributed by atoms with E-state index in [1.54, 1.807) is 0 Å². The van der Waals surface area contributed by atoms with Gasteiger partial charge in [0.15, 0.2) is 0 Å². The Kier molecular flexibility index (Phi) is 8.69. The van der Waals surface area contributed by atoms with Crippen molar-refractivity contribution in [2.24, 2.45) is 0 Å². The average Bonchev–Trinajstić information content (AvgIpc) is 2.80. The van der Waals surface area contributed by atoms with Crippen molar-refractivity contribution in [2.45, 2.75) is 47.3 Å². The van der Waals surface area contributed by atoms with E-state index in [9.17, 15) is 0 Å². The minimum atomic E-state index is -2.91. The van der Waals surface area contributed by atoms with Gasteiger partial charge in [0.05, 0.1) is 0 Å². The van der Waals surface area contributed by atoms with E-state index in [4.69, 9.17) is 0 Å². The van der Waals surface area contributed by atoms with Crippen molar-refractivity contribution in [3.63, 3.8) is 0 Å². The molecular weight excluding hydrogens is 537 g/mol. The van der Waals surface area contributed by atoms with Crippen molar-refractivity contribution >= 4 is 49.0 Å². The van der Waals surface area contributed by atoms with Crippen LogP contribution in [0.4, 0.5) is 0 Å². The first-order chi connectivity index (χ1) is 16.0. The van der Waals surface area contributed by atoms with Crippen molar-refractivity contribution < 1.29 is 0 Å². The molecule has 0 fully saturated rings. The Morgan fingerprint density at radius 3 is 0.788 bits per heavy atom. The fraction of sp³-hybridized carbons (Fsp3) is 0.143. The molecule has 5 heteroatoms. The van der Waals surface area contributed by atoms with Gasteiger partial charge in [0.1, 0.15) is 0 Å². The van der Waals surface area contributed by atoms with Crippen molar-refractivity contribution in [2.75, 3.05) is 0 Å². The van der Waals surface area contributed by atoms with Crippen LogP contribution in [0.3, 0.4) is 0 Å². The summed E-state index contributed by atoms with van der Waals surface area (Å²) in [6.45, 7) is 8.96. The molecule has 0 spiro atoms. The van der Waals surface area contributed by atoms with Gasteiger partial charge in [-0.3, -0.25) is 0 Å². The van der Waals surface area contributed by atoms with Gasteiger partial charge in [-0.15, -0.1) is 0 Å². The van der Waals surface area contributed by atoms with Crippen LogP contribution in [-0.2, 0) is 0 Å². The first-order valence-corrected chi connectivity index (χ1v) is 24.5. The summed E-state index contributed by atoms with van der Waals surface area (Å²) in [5.74, 6) is 0. The summed E-state index contributed by atoms with van der Waals surface area (Å²) in [5, 5.41) is 0. The Labute approximate surface area is 214 Å². The summed E-state index contributed by atoms with van der Waals surface area (Å²) in [5.41, 5.74) is 5.44. The predicted molar refractivity (Wildman–Crippen MR) is 154 cm³/mol. The molecule has 0 bridgehead atoms. The average molecular weight is 565 g/mol. The zero-order valence-electron chi connectivity index (χ0n) is 19.4. The molecule has 0 aromatic heterocycles. The SMILES string of the molecule is Cc1ccccc1[S][Ge]([S]c1ccccc1C)([S]c1ccccc1C)[S]c1ccccc1C. The van der Waals surface area contributed by atoms with Gasteiger partial charge < -0.3 is 0 Å². The summed E-state index contributed by atoms with van der Waals surface area (Å²) < 4.78 is 0. The van der Waals surface area contributed by atoms with Crippen molar-refractivity contribution in [3.8, 4) is 0 Å². The molecule has 0 saturated carbocycles. The molecule has 0 saturated heterocycles. The summed E-state index contributed by atoms with van der Waals surface area (Å²) >= 11 is 0. The van der Waals surface area contributed by atoms with Crippen molar-refractivity contribution in [3.05, 3.63) is 119 Å². The minimum absolute atomic E-state index is 1.36. The van der Waals surface area contributed by atoms with Gasteiger partial charge in [-0.1, -0.05) is 0 Å². The van der Waals surface area contributed by atoms with Crippen LogP contribution in [-0.4, -0.2) is 8.70 Å². The monoisotopic (exact) mass is 566 g/mol. The van der Waals surface area contributed by atoms with Crippen LogP contribution in [0, 0.1) is 27.7 Å². The molecule has 0 atom stereocenters. The van der Waals surface area contributed by atoms with Gasteiger partial charge in [-0.2, -0.15) is 0 Å². The number of aryl methyl sites for hydroxylation is 4. The Morgan fingerprint density at radius 2 is 0.576 bits per heavy atom. The van der Waals surface area contributed by atoms with Gasteiger partial charge in [0.25, 0.3) is 0 Å². The molecule has 0 amide bonds. The van der Waals surface area contributed by atoms with Crippen LogP contribution in [0.2, 0.25) is 0 Å². The zero-order chi connectivity index (χ0) is 23.3. The van der Waals surface area contributed by atoms with E-state index in [-0.39, 0.29) is 0 Å². The van der Waals surface area contributed by atoms with E-state index in [1.165, 1.54) is 41.8 Å². The Morgan fingerprint density at radius 1 is 0.364 bits per heavy atom. The number of hydrogen-bond donors (Lipinski definition) is 0. The van der Waals surface area contributed by atoms with Crippen LogP contribution < -0.4 is 0 Å². The summed E-state index contributed by atoms with van der Waals surface area (Å²) in [6.07, 6.45) is 0. The third-order valence-corrected chi connectivity index (χ3v) is 36.4. The van der Waals surface area contributed by atoms with Gasteiger partial charge in [0.2, 0.25) is 0 Å². The third kappa shape index (κ3) is 6.49. The molecule has 4 aromatic carbocycles. The quantitative estimate of drug-likeness (QED) is 0.195. The molecule has 4 aromatic rings. The summed E-state index contributed by atoms with van der Waals surface area (Å²) in [7, 11) is 5.69. The topological polar surface area (TPSA) is 0 Å². The Balaban J connectivity index is 1.86. The molecule has 0 aliphatic rings. The Hall–Kier alpha value is -1.18. The van der Waals surface area contributed by atoms with E-state index in [0.29, 0.717) is 0 Å². The number of hydrogen-bond acceptors (Lipinski definition) is 4. The standard InChI is InChI=1S/C28H28GeS4/c1-21-13-5-9-17-25(21)30-29(31-26-18-10-6-14-22(26)2,32-27-19-11-7-15-23(27)3)33-28-20-12-8-16-24(28)4/h5-20H,1-4H3. The van der Waals surface area contributed by atoms with E-state index in [1.807, 2.05) is 0 Å². The first kappa shape index (κ1) is 24.9. The van der Waals surface area contributed by atoms with Gasteiger partial charge >= 0.3 is 216 Å². The second kappa shape index (κ2) is 11.5. The van der Waals surface area contributed by atoms with Crippen LogP contribution in [0.25, 0.3) is 0 Å². The van der Waals surface area contributed by atoms with Gasteiger partial charge in [0, 0.05) is 0 Å². The third-order valence-electron chi connectivity index (χ3n) is 5.31. The van der Waals surface area contributed by atoms with Crippen molar-refractivity contribution in [1.29, 1.82) is 0 Å². The molecule has 0 aliphatic heterocycles. The predicted octanol–water partition coefficient (Wildman–Crippen LogP) is 9.82. The molecule has 0 aliphatic carbocycles. The van der Waals surface area contributed by atoms with Gasteiger partial charge in [-0.05, 0) is 0 Å². The maximum atomic E-state index is 2.30. The molecule has 0 heterocycles. The number of rotatable bonds is 8. The van der Waals surface area contributed by atoms with E-state index >= 15 is 0 Å². The van der Waals surface area contributed by atoms with Crippen LogP contribution >= 0.6 is 40.3 Å². The molecule has 0 unspecified atom stereocenters. The van der Waals surface area contributed by atoms with Crippen LogP contribution in [0.1, 0.15) is 22.3 Å². The summed E-state index contributed by atoms with van der Waals surface area (Å²) in [4.78, 5) is 5.61. The molecule has 0 nitrogen and oxygen atoms in total. The normalized spacial score (nSPS) is 11.5. The molecule has 0 radical (unpaired) electrons. The second-order valence-electron chi connectivity index (χ2n) is 7.97. The summed E-state index contributed by atoms with van der Waals surface area (Å²) in [6, 6.07) is 35.5. The molecule has 4 rings (SSSR count).